The van der Waals surface area contributed by atoms with Gasteiger partial charge in [-0.2, -0.15) is 0 Å². The number of rotatable bonds is 6. The highest BCUT2D eigenvalue weighted by Gasteiger charge is 2.25. The number of hydrogen-bond donors (Lipinski definition) is 1. The molecule has 0 spiro atoms. The minimum atomic E-state index is 0.342. The van der Waals surface area contributed by atoms with Gasteiger partial charge in [-0.15, -0.1) is 0 Å². The van der Waals surface area contributed by atoms with Crippen LogP contribution in [0.25, 0.3) is 0 Å². The zero-order valence-electron chi connectivity index (χ0n) is 13.7. The first-order chi connectivity index (χ1) is 10.2. The van der Waals surface area contributed by atoms with Gasteiger partial charge in [0.05, 0.1) is 14.2 Å². The maximum absolute atomic E-state index is 5.54. The predicted molar refractivity (Wildman–Crippen MR) is 86.2 cm³/mol. The quantitative estimate of drug-likeness (QED) is 0.874. The highest BCUT2D eigenvalue weighted by molar-refractivity contribution is 5.42. The molecule has 1 aromatic carbocycles. The van der Waals surface area contributed by atoms with Crippen molar-refractivity contribution in [3.63, 3.8) is 0 Å². The van der Waals surface area contributed by atoms with Crippen LogP contribution < -0.4 is 14.8 Å². The monoisotopic (exact) mass is 292 g/mol. The van der Waals surface area contributed by atoms with Crippen molar-refractivity contribution in [1.82, 2.24) is 10.2 Å². The molecular weight excluding hydrogens is 264 g/mol. The summed E-state index contributed by atoms with van der Waals surface area (Å²) in [6.07, 6.45) is 2.59. The second-order valence-corrected chi connectivity index (χ2v) is 5.84. The minimum Gasteiger partial charge on any atom is -0.497 e. The zero-order chi connectivity index (χ0) is 15.2. The second kappa shape index (κ2) is 7.66. The summed E-state index contributed by atoms with van der Waals surface area (Å²) in [7, 11) is 5.48. The largest absolute Gasteiger partial charge is 0.497 e. The molecule has 0 aromatic heterocycles. The smallest absolute Gasteiger partial charge is 0.123 e. The van der Waals surface area contributed by atoms with Gasteiger partial charge in [0.2, 0.25) is 0 Å². The van der Waals surface area contributed by atoms with Crippen molar-refractivity contribution in [3.05, 3.63) is 23.8 Å². The number of benzene rings is 1. The summed E-state index contributed by atoms with van der Waals surface area (Å²) in [5.74, 6) is 2.57. The van der Waals surface area contributed by atoms with E-state index in [1.165, 1.54) is 18.4 Å². The van der Waals surface area contributed by atoms with Crippen molar-refractivity contribution >= 4 is 0 Å². The molecule has 1 aromatic rings. The van der Waals surface area contributed by atoms with Gasteiger partial charge in [0.15, 0.2) is 0 Å². The number of nitrogens with one attached hydrogen (secondary N) is 1. The van der Waals surface area contributed by atoms with Crippen LogP contribution in [0, 0.1) is 5.92 Å². The number of ether oxygens (including phenoxy) is 2. The van der Waals surface area contributed by atoms with Crippen LogP contribution in [0.15, 0.2) is 18.2 Å². The van der Waals surface area contributed by atoms with Crippen LogP contribution in [0.1, 0.15) is 31.4 Å². The van der Waals surface area contributed by atoms with Crippen LogP contribution in [-0.2, 0) is 0 Å². The highest BCUT2D eigenvalue weighted by Crippen LogP contribution is 2.34. The lowest BCUT2D eigenvalue weighted by Gasteiger charge is -2.37. The average Bonchev–Trinajstić information content (AvgIpc) is 2.54. The first-order valence-corrected chi connectivity index (χ1v) is 7.80. The number of nitrogens with zero attached hydrogens (tertiary/aromatic N) is 1. The molecular formula is C17H28N2O2. The third-order valence-corrected chi connectivity index (χ3v) is 4.48. The number of hydrogen-bond acceptors (Lipinski definition) is 4. The molecule has 2 rings (SSSR count). The lowest BCUT2D eigenvalue weighted by molar-refractivity contribution is 0.129. The summed E-state index contributed by atoms with van der Waals surface area (Å²) in [5, 5.41) is 3.31. The molecule has 4 nitrogen and oxygen atoms in total. The van der Waals surface area contributed by atoms with Crippen molar-refractivity contribution in [2.45, 2.75) is 25.8 Å². The molecule has 2 unspecified atom stereocenters. The fourth-order valence-electron chi connectivity index (χ4n) is 3.27. The van der Waals surface area contributed by atoms with Crippen LogP contribution in [0.5, 0.6) is 11.5 Å². The molecule has 0 aliphatic carbocycles. The van der Waals surface area contributed by atoms with E-state index in [4.69, 9.17) is 9.47 Å². The number of piperidine rings is 1. The van der Waals surface area contributed by atoms with Gasteiger partial charge in [-0.05, 0) is 64.0 Å². The van der Waals surface area contributed by atoms with E-state index in [2.05, 4.69) is 23.2 Å². The van der Waals surface area contributed by atoms with E-state index in [1.54, 1.807) is 14.2 Å². The molecule has 1 heterocycles. The Kier molecular flexibility index (Phi) is 5.88. The van der Waals surface area contributed by atoms with Crippen molar-refractivity contribution in [3.8, 4) is 11.5 Å². The minimum absolute atomic E-state index is 0.342. The van der Waals surface area contributed by atoms with E-state index in [9.17, 15) is 0 Å². The highest BCUT2D eigenvalue weighted by atomic mass is 16.5. The Bertz CT molecular complexity index is 448. The topological polar surface area (TPSA) is 33.7 Å². The van der Waals surface area contributed by atoms with Gasteiger partial charge in [0.1, 0.15) is 11.5 Å². The van der Waals surface area contributed by atoms with Gasteiger partial charge in [-0.1, -0.05) is 0 Å². The third-order valence-electron chi connectivity index (χ3n) is 4.48. The normalized spacial score (nSPS) is 21.0. The second-order valence-electron chi connectivity index (χ2n) is 5.84. The Morgan fingerprint density at radius 2 is 2.14 bits per heavy atom. The van der Waals surface area contributed by atoms with Crippen LogP contribution >= 0.6 is 0 Å². The van der Waals surface area contributed by atoms with Crippen LogP contribution in [-0.4, -0.2) is 45.8 Å². The van der Waals surface area contributed by atoms with Crippen LogP contribution in [0.2, 0.25) is 0 Å². The summed E-state index contributed by atoms with van der Waals surface area (Å²) < 4.78 is 10.9. The summed E-state index contributed by atoms with van der Waals surface area (Å²) in [6.45, 7) is 5.65. The van der Waals surface area contributed by atoms with Gasteiger partial charge in [-0.3, -0.25) is 4.90 Å². The standard InChI is InChI=1S/C17H28N2O2/c1-13(19-9-5-6-14(12-19)11-18-2)16-10-15(20-3)7-8-17(16)21-4/h7-8,10,13-14,18H,5-6,9,11-12H2,1-4H3. The van der Waals surface area contributed by atoms with Gasteiger partial charge in [-0.25, -0.2) is 0 Å². The van der Waals surface area contributed by atoms with E-state index in [0.717, 1.165) is 37.1 Å². The summed E-state index contributed by atoms with van der Waals surface area (Å²) >= 11 is 0. The molecule has 4 heteroatoms. The van der Waals surface area contributed by atoms with Crippen molar-refractivity contribution in [2.24, 2.45) is 5.92 Å². The maximum Gasteiger partial charge on any atom is 0.123 e. The van der Waals surface area contributed by atoms with Crippen molar-refractivity contribution < 1.29 is 9.47 Å². The molecule has 1 saturated heterocycles. The van der Waals surface area contributed by atoms with Gasteiger partial charge in [0.25, 0.3) is 0 Å². The fourth-order valence-corrected chi connectivity index (χ4v) is 3.27. The molecule has 1 N–H and O–H groups in total. The summed E-state index contributed by atoms with van der Waals surface area (Å²) in [5.41, 5.74) is 1.21. The van der Waals surface area contributed by atoms with Crippen LogP contribution in [0.4, 0.5) is 0 Å². The van der Waals surface area contributed by atoms with E-state index in [-0.39, 0.29) is 0 Å². The zero-order valence-corrected chi connectivity index (χ0v) is 13.7. The molecule has 1 aliphatic rings. The Morgan fingerprint density at radius 3 is 2.81 bits per heavy atom. The number of likely N-dealkylation sites (tertiary alicyclic amines) is 1. The van der Waals surface area contributed by atoms with Crippen LogP contribution in [0.3, 0.4) is 0 Å². The molecule has 21 heavy (non-hydrogen) atoms. The first kappa shape index (κ1) is 16.1. The first-order valence-electron chi connectivity index (χ1n) is 7.80. The summed E-state index contributed by atoms with van der Waals surface area (Å²) in [4.78, 5) is 2.56. The summed E-state index contributed by atoms with van der Waals surface area (Å²) in [6, 6.07) is 6.40. The Labute approximate surface area is 128 Å². The van der Waals surface area contributed by atoms with E-state index in [0.29, 0.717) is 6.04 Å². The molecule has 0 amide bonds. The van der Waals surface area contributed by atoms with E-state index in [1.807, 2.05) is 19.2 Å². The van der Waals surface area contributed by atoms with E-state index >= 15 is 0 Å². The SMILES string of the molecule is CNCC1CCCN(C(C)c2cc(OC)ccc2OC)C1. The average molecular weight is 292 g/mol. The van der Waals surface area contributed by atoms with Gasteiger partial charge in [0, 0.05) is 18.2 Å². The third kappa shape index (κ3) is 3.89. The number of methoxy groups -OCH3 is 2. The Balaban J connectivity index is 2.16. The lowest BCUT2D eigenvalue weighted by atomic mass is 9.95. The van der Waals surface area contributed by atoms with E-state index < -0.39 is 0 Å². The Hall–Kier alpha value is -1.26. The molecule has 1 fully saturated rings. The maximum atomic E-state index is 5.54. The fraction of sp³-hybridized carbons (Fsp3) is 0.647. The molecule has 0 radical (unpaired) electrons. The van der Waals surface area contributed by atoms with Crippen molar-refractivity contribution in [1.29, 1.82) is 0 Å². The molecule has 0 bridgehead atoms. The molecule has 2 atom stereocenters. The lowest BCUT2D eigenvalue weighted by Crippen LogP contribution is -2.40. The van der Waals surface area contributed by atoms with Gasteiger partial charge < -0.3 is 14.8 Å². The van der Waals surface area contributed by atoms with Crippen molar-refractivity contribution in [2.75, 3.05) is 40.9 Å². The van der Waals surface area contributed by atoms with Gasteiger partial charge >= 0.3 is 0 Å². The predicted octanol–water partition coefficient (Wildman–Crippen LogP) is 2.70. The molecule has 1 aliphatic heterocycles. The Morgan fingerprint density at radius 1 is 1.33 bits per heavy atom. The molecule has 118 valence electrons. The molecule has 0 saturated carbocycles.